The number of rotatable bonds is 4. The van der Waals surface area contributed by atoms with Crippen LogP contribution in [0.5, 0.6) is 0 Å². The van der Waals surface area contributed by atoms with Crippen LogP contribution in [0.1, 0.15) is 36.0 Å². The maximum absolute atomic E-state index is 12.9. The van der Waals surface area contributed by atoms with Gasteiger partial charge in [-0.05, 0) is 37.8 Å². The first-order chi connectivity index (χ1) is 14.0. The van der Waals surface area contributed by atoms with E-state index < -0.39 is 0 Å². The van der Waals surface area contributed by atoms with Gasteiger partial charge in [-0.2, -0.15) is 0 Å². The lowest BCUT2D eigenvalue weighted by Crippen LogP contribution is -2.42. The zero-order valence-electron chi connectivity index (χ0n) is 16.7. The highest BCUT2D eigenvalue weighted by atomic mass is 16.5. The monoisotopic (exact) mass is 397 g/mol. The molecule has 1 aromatic rings. The molecule has 0 saturated carbocycles. The van der Waals surface area contributed by atoms with Crippen molar-refractivity contribution in [3.63, 3.8) is 0 Å². The first kappa shape index (κ1) is 18.6. The van der Waals surface area contributed by atoms with Gasteiger partial charge in [0.15, 0.2) is 0 Å². The maximum Gasteiger partial charge on any atom is 0.263 e. The van der Waals surface area contributed by atoms with Gasteiger partial charge in [-0.3, -0.25) is 14.4 Å². The Morgan fingerprint density at radius 2 is 2.10 bits per heavy atom. The fraction of sp³-hybridized carbons (Fsp3) is 0.591. The summed E-state index contributed by atoms with van der Waals surface area (Å²) >= 11 is 0. The zero-order chi connectivity index (χ0) is 20.2. The van der Waals surface area contributed by atoms with E-state index in [9.17, 15) is 14.4 Å². The molecule has 4 aliphatic rings. The molecule has 4 heterocycles. The normalized spacial score (nSPS) is 32.7. The van der Waals surface area contributed by atoms with Crippen molar-refractivity contribution in [2.24, 2.45) is 24.8 Å². The molecule has 1 spiro atoms. The summed E-state index contributed by atoms with van der Waals surface area (Å²) in [6.45, 7) is 1.85. The molecule has 1 aliphatic carbocycles. The summed E-state index contributed by atoms with van der Waals surface area (Å²) in [5.74, 6) is 0.403. The van der Waals surface area contributed by atoms with Crippen molar-refractivity contribution in [1.82, 2.24) is 14.8 Å². The summed E-state index contributed by atoms with van der Waals surface area (Å²) < 4.78 is 7.80. The number of nitrogens with zero attached hydrogens (tertiary/aromatic N) is 2. The molecule has 154 valence electrons. The summed E-state index contributed by atoms with van der Waals surface area (Å²) in [5, 5.41) is 2.96. The Morgan fingerprint density at radius 3 is 2.90 bits per heavy atom. The minimum absolute atomic E-state index is 0.0786. The SMILES string of the molecule is Cn1cccc(C(=O)NC[C@H]2[C@H]3CN(C(=O)C4CC=CC4)C[C@]34CC[C@H]2O4)c1=O. The molecular weight excluding hydrogens is 370 g/mol. The minimum atomic E-state index is -0.342. The molecule has 1 N–H and O–H groups in total. The van der Waals surface area contributed by atoms with E-state index in [1.165, 1.54) is 4.57 Å². The van der Waals surface area contributed by atoms with Crippen LogP contribution in [-0.2, 0) is 16.6 Å². The second-order valence-electron chi connectivity index (χ2n) is 8.94. The number of ether oxygens (including phenoxy) is 1. The summed E-state index contributed by atoms with van der Waals surface area (Å²) in [5.41, 5.74) is -0.385. The third kappa shape index (κ3) is 2.94. The molecule has 0 radical (unpaired) electrons. The van der Waals surface area contributed by atoms with E-state index in [1.54, 1.807) is 25.4 Å². The van der Waals surface area contributed by atoms with Crippen LogP contribution in [0.3, 0.4) is 0 Å². The van der Waals surface area contributed by atoms with Crippen molar-refractivity contribution >= 4 is 11.8 Å². The molecule has 2 amide bonds. The number of nitrogens with one attached hydrogen (secondary N) is 1. The lowest BCUT2D eigenvalue weighted by atomic mass is 9.73. The van der Waals surface area contributed by atoms with Crippen LogP contribution in [0.2, 0.25) is 0 Å². The molecule has 0 aromatic carbocycles. The van der Waals surface area contributed by atoms with Gasteiger partial charge < -0.3 is 19.5 Å². The first-order valence-electron chi connectivity index (χ1n) is 10.5. The molecular formula is C22H27N3O4. The van der Waals surface area contributed by atoms with Gasteiger partial charge in [0.2, 0.25) is 5.91 Å². The summed E-state index contributed by atoms with van der Waals surface area (Å²) in [6.07, 6.45) is 9.57. The average molecular weight is 397 g/mol. The molecule has 5 rings (SSSR count). The fourth-order valence-electron chi connectivity index (χ4n) is 5.78. The van der Waals surface area contributed by atoms with Gasteiger partial charge in [-0.1, -0.05) is 12.2 Å². The maximum atomic E-state index is 12.9. The lowest BCUT2D eigenvalue weighted by Gasteiger charge is -2.29. The number of hydrogen-bond acceptors (Lipinski definition) is 4. The Labute approximate surface area is 169 Å². The Kier molecular flexibility index (Phi) is 4.38. The largest absolute Gasteiger partial charge is 0.369 e. The lowest BCUT2D eigenvalue weighted by molar-refractivity contribution is -0.135. The summed E-state index contributed by atoms with van der Waals surface area (Å²) in [6, 6.07) is 3.26. The zero-order valence-corrected chi connectivity index (χ0v) is 16.7. The Bertz CT molecular complexity index is 930. The van der Waals surface area contributed by atoms with Gasteiger partial charge in [0.1, 0.15) is 5.56 Å². The van der Waals surface area contributed by atoms with E-state index in [0.717, 1.165) is 25.7 Å². The number of fused-ring (bicyclic) bond motifs is 1. The predicted octanol–water partition coefficient (Wildman–Crippen LogP) is 1.09. The van der Waals surface area contributed by atoms with E-state index in [2.05, 4.69) is 17.5 Å². The van der Waals surface area contributed by atoms with Crippen LogP contribution in [0.25, 0.3) is 0 Å². The van der Waals surface area contributed by atoms with E-state index in [4.69, 9.17) is 4.74 Å². The summed E-state index contributed by atoms with van der Waals surface area (Å²) in [4.78, 5) is 39.7. The second-order valence-corrected chi connectivity index (χ2v) is 8.94. The number of likely N-dealkylation sites (tertiary alicyclic amines) is 1. The third-order valence-electron chi connectivity index (χ3n) is 7.32. The Morgan fingerprint density at radius 1 is 1.31 bits per heavy atom. The number of pyridine rings is 1. The molecule has 3 fully saturated rings. The van der Waals surface area contributed by atoms with Crippen LogP contribution in [0, 0.1) is 17.8 Å². The van der Waals surface area contributed by atoms with Gasteiger partial charge in [0.25, 0.3) is 11.5 Å². The van der Waals surface area contributed by atoms with Crippen molar-refractivity contribution in [1.29, 1.82) is 0 Å². The molecule has 2 bridgehead atoms. The number of aryl methyl sites for hydroxylation is 1. The second kappa shape index (κ2) is 6.83. The van der Waals surface area contributed by atoms with Crippen molar-refractivity contribution in [2.75, 3.05) is 19.6 Å². The highest BCUT2D eigenvalue weighted by Gasteiger charge is 2.63. The van der Waals surface area contributed by atoms with Crippen molar-refractivity contribution in [3.05, 3.63) is 46.4 Å². The van der Waals surface area contributed by atoms with E-state index in [-0.39, 0.29) is 52.4 Å². The van der Waals surface area contributed by atoms with Crippen LogP contribution in [0.15, 0.2) is 35.3 Å². The number of aromatic nitrogens is 1. The van der Waals surface area contributed by atoms with Crippen molar-refractivity contribution in [3.8, 4) is 0 Å². The van der Waals surface area contributed by atoms with Gasteiger partial charge in [-0.25, -0.2) is 0 Å². The number of amides is 2. The Hall–Kier alpha value is -2.41. The van der Waals surface area contributed by atoms with Crippen molar-refractivity contribution < 1.29 is 14.3 Å². The average Bonchev–Trinajstić information content (AvgIpc) is 3.48. The smallest absolute Gasteiger partial charge is 0.263 e. The first-order valence-corrected chi connectivity index (χ1v) is 10.5. The van der Waals surface area contributed by atoms with Crippen LogP contribution < -0.4 is 10.9 Å². The molecule has 1 aromatic heterocycles. The van der Waals surface area contributed by atoms with Crippen LogP contribution in [0.4, 0.5) is 0 Å². The van der Waals surface area contributed by atoms with Crippen LogP contribution in [-0.4, -0.2) is 52.6 Å². The number of carbonyl (C=O) groups excluding carboxylic acids is 2. The molecule has 3 aliphatic heterocycles. The topological polar surface area (TPSA) is 80.6 Å². The standard InChI is InChI=1S/C22H27N3O4/c1-24-10-4-7-15(21(24)28)19(26)23-11-16-17-12-25(20(27)14-5-2-3-6-14)13-22(17)9-8-18(16)29-22/h2-4,7,10,14,16-18H,5-6,8-9,11-13H2,1H3,(H,23,26)/t16-,17+,18+,22+/m0/s1. The van der Waals surface area contributed by atoms with E-state index in [1.807, 2.05) is 4.90 Å². The van der Waals surface area contributed by atoms with Crippen LogP contribution >= 0.6 is 0 Å². The molecule has 0 unspecified atom stereocenters. The third-order valence-corrected chi connectivity index (χ3v) is 7.32. The molecule has 29 heavy (non-hydrogen) atoms. The summed E-state index contributed by atoms with van der Waals surface area (Å²) in [7, 11) is 1.64. The van der Waals surface area contributed by atoms with Crippen molar-refractivity contribution in [2.45, 2.75) is 37.4 Å². The highest BCUT2D eigenvalue weighted by Crippen LogP contribution is 2.54. The quantitative estimate of drug-likeness (QED) is 0.772. The van der Waals surface area contributed by atoms with Gasteiger partial charge >= 0.3 is 0 Å². The van der Waals surface area contributed by atoms with E-state index >= 15 is 0 Å². The van der Waals surface area contributed by atoms with Gasteiger partial charge in [-0.15, -0.1) is 0 Å². The molecule has 7 heteroatoms. The molecule has 3 saturated heterocycles. The minimum Gasteiger partial charge on any atom is -0.369 e. The number of carbonyl (C=O) groups is 2. The highest BCUT2D eigenvalue weighted by molar-refractivity contribution is 5.93. The van der Waals surface area contributed by atoms with Gasteiger partial charge in [0, 0.05) is 44.1 Å². The Balaban J connectivity index is 1.27. The number of hydrogen-bond donors (Lipinski definition) is 1. The fourth-order valence-corrected chi connectivity index (χ4v) is 5.78. The molecule has 7 nitrogen and oxygen atoms in total. The number of allylic oxidation sites excluding steroid dienone is 2. The van der Waals surface area contributed by atoms with E-state index in [0.29, 0.717) is 19.6 Å². The van der Waals surface area contributed by atoms with Gasteiger partial charge in [0.05, 0.1) is 18.2 Å². The molecule has 4 atom stereocenters. The predicted molar refractivity (Wildman–Crippen MR) is 106 cm³/mol.